The minimum absolute atomic E-state index is 0.511. The summed E-state index contributed by atoms with van der Waals surface area (Å²) in [6.45, 7) is 1.69. The fourth-order valence-electron chi connectivity index (χ4n) is 1.96. The van der Waals surface area contributed by atoms with Crippen LogP contribution in [0.3, 0.4) is 0 Å². The van der Waals surface area contributed by atoms with Crippen LogP contribution in [0.25, 0.3) is 0 Å². The third-order valence-electron chi connectivity index (χ3n) is 3.13. The number of ether oxygens (including phenoxy) is 1. The Kier molecular flexibility index (Phi) is 2.95. The summed E-state index contributed by atoms with van der Waals surface area (Å²) in [6, 6.07) is 13.4. The number of fused-ring (bicyclic) bond motifs is 2. The quantitative estimate of drug-likeness (QED) is 0.762. The highest BCUT2D eigenvalue weighted by atomic mass is 32.2. The molecule has 0 spiro atoms. The van der Waals surface area contributed by atoms with Crippen LogP contribution in [0, 0.1) is 0 Å². The molecule has 1 unspecified atom stereocenters. The Hall–Kier alpha value is -1.94. The normalized spacial score (nSPS) is 13.9. The highest BCUT2D eigenvalue weighted by Gasteiger charge is 2.20. The number of para-hydroxylation sites is 1. The summed E-state index contributed by atoms with van der Waals surface area (Å²) >= 11 is 1.61. The molecule has 96 valence electrons. The zero-order valence-corrected chi connectivity index (χ0v) is 11.1. The number of benzene rings is 2. The van der Waals surface area contributed by atoms with Crippen LogP contribution in [0.1, 0.15) is 18.4 Å². The van der Waals surface area contributed by atoms with Gasteiger partial charge < -0.3 is 9.84 Å². The zero-order chi connectivity index (χ0) is 13.4. The van der Waals surface area contributed by atoms with Crippen LogP contribution in [0.4, 0.5) is 0 Å². The van der Waals surface area contributed by atoms with E-state index in [0.29, 0.717) is 0 Å². The molecule has 3 rings (SSSR count). The number of aliphatic carboxylic acids is 1. The van der Waals surface area contributed by atoms with Crippen LogP contribution >= 0.6 is 11.8 Å². The van der Waals surface area contributed by atoms with E-state index in [2.05, 4.69) is 0 Å². The van der Waals surface area contributed by atoms with E-state index in [0.717, 1.165) is 26.9 Å². The van der Waals surface area contributed by atoms with Crippen molar-refractivity contribution in [2.45, 2.75) is 22.6 Å². The van der Waals surface area contributed by atoms with Gasteiger partial charge in [0, 0.05) is 0 Å². The van der Waals surface area contributed by atoms with E-state index in [9.17, 15) is 4.79 Å². The number of rotatable bonds is 2. The summed E-state index contributed by atoms with van der Waals surface area (Å²) in [5.41, 5.74) is 0.793. The van der Waals surface area contributed by atoms with Gasteiger partial charge in [-0.05, 0) is 36.8 Å². The third kappa shape index (κ3) is 2.19. The van der Waals surface area contributed by atoms with Crippen molar-refractivity contribution in [2.75, 3.05) is 0 Å². The Balaban J connectivity index is 1.98. The Morgan fingerprint density at radius 1 is 1.16 bits per heavy atom. The van der Waals surface area contributed by atoms with E-state index >= 15 is 0 Å². The summed E-state index contributed by atoms with van der Waals surface area (Å²) in [5.74, 6) is 0.300. The van der Waals surface area contributed by atoms with Gasteiger partial charge in [0.2, 0.25) is 0 Å². The third-order valence-corrected chi connectivity index (χ3v) is 4.22. The first kappa shape index (κ1) is 12.1. The number of hydrogen-bond donors (Lipinski definition) is 1. The maximum Gasteiger partial charge on any atom is 0.310 e. The van der Waals surface area contributed by atoms with E-state index in [4.69, 9.17) is 9.84 Å². The van der Waals surface area contributed by atoms with E-state index < -0.39 is 11.9 Å². The summed E-state index contributed by atoms with van der Waals surface area (Å²) in [6.07, 6.45) is 0. The lowest BCUT2D eigenvalue weighted by Crippen LogP contribution is -2.07. The molecule has 0 saturated carbocycles. The van der Waals surface area contributed by atoms with Crippen LogP contribution in [0.5, 0.6) is 11.5 Å². The van der Waals surface area contributed by atoms with Gasteiger partial charge in [0.25, 0.3) is 0 Å². The van der Waals surface area contributed by atoms with Gasteiger partial charge in [0.1, 0.15) is 11.5 Å². The topological polar surface area (TPSA) is 46.5 Å². The molecule has 3 nitrogen and oxygen atoms in total. The van der Waals surface area contributed by atoms with Crippen LogP contribution in [-0.4, -0.2) is 11.1 Å². The summed E-state index contributed by atoms with van der Waals surface area (Å²) in [7, 11) is 0. The maximum atomic E-state index is 11.0. The van der Waals surface area contributed by atoms with Crippen molar-refractivity contribution in [1.82, 2.24) is 0 Å². The molecule has 1 N–H and O–H groups in total. The predicted molar refractivity (Wildman–Crippen MR) is 73.1 cm³/mol. The first-order valence-electron chi connectivity index (χ1n) is 5.96. The van der Waals surface area contributed by atoms with Crippen molar-refractivity contribution in [1.29, 1.82) is 0 Å². The molecule has 0 fully saturated rings. The first-order valence-corrected chi connectivity index (χ1v) is 6.78. The van der Waals surface area contributed by atoms with Gasteiger partial charge in [-0.3, -0.25) is 4.79 Å². The van der Waals surface area contributed by atoms with Gasteiger partial charge in [-0.15, -0.1) is 0 Å². The summed E-state index contributed by atoms with van der Waals surface area (Å²) in [4.78, 5) is 13.0. The Morgan fingerprint density at radius 2 is 1.89 bits per heavy atom. The molecule has 1 heterocycles. The maximum absolute atomic E-state index is 11.0. The van der Waals surface area contributed by atoms with Crippen molar-refractivity contribution < 1.29 is 14.6 Å². The van der Waals surface area contributed by atoms with E-state index in [1.165, 1.54) is 0 Å². The average Bonchev–Trinajstić information content (AvgIpc) is 2.43. The molecule has 19 heavy (non-hydrogen) atoms. The van der Waals surface area contributed by atoms with Gasteiger partial charge in [0.15, 0.2) is 0 Å². The molecule has 0 aromatic heterocycles. The number of carboxylic acids is 1. The molecule has 0 bridgehead atoms. The number of carbonyl (C=O) groups is 1. The second kappa shape index (κ2) is 4.63. The molecule has 1 atom stereocenters. The highest BCUT2D eigenvalue weighted by molar-refractivity contribution is 7.99. The van der Waals surface area contributed by atoms with Crippen LogP contribution in [-0.2, 0) is 4.79 Å². The second-order valence-corrected chi connectivity index (χ2v) is 5.50. The Morgan fingerprint density at radius 3 is 2.68 bits per heavy atom. The van der Waals surface area contributed by atoms with Gasteiger partial charge in [-0.25, -0.2) is 0 Å². The van der Waals surface area contributed by atoms with Gasteiger partial charge in [-0.2, -0.15) is 0 Å². The van der Waals surface area contributed by atoms with E-state index in [-0.39, 0.29) is 0 Å². The van der Waals surface area contributed by atoms with Gasteiger partial charge >= 0.3 is 5.97 Å². The monoisotopic (exact) mass is 272 g/mol. The lowest BCUT2D eigenvalue weighted by Gasteiger charge is -2.20. The molecule has 0 aliphatic carbocycles. The molecule has 0 amide bonds. The molecule has 0 saturated heterocycles. The molecule has 2 aromatic carbocycles. The lowest BCUT2D eigenvalue weighted by molar-refractivity contribution is -0.138. The van der Waals surface area contributed by atoms with Crippen LogP contribution in [0.15, 0.2) is 52.3 Å². The standard InChI is InChI=1S/C15H12O3S/c1-9(15(16)17)10-6-7-12-14(8-10)19-13-5-3-2-4-11(13)18-12/h2-9H,1H3,(H,16,17). The Bertz CT molecular complexity index is 652. The van der Waals surface area contributed by atoms with Crippen LogP contribution < -0.4 is 4.74 Å². The minimum atomic E-state index is -0.818. The van der Waals surface area contributed by atoms with Crippen LogP contribution in [0.2, 0.25) is 0 Å². The van der Waals surface area contributed by atoms with Crippen molar-refractivity contribution in [3.63, 3.8) is 0 Å². The average molecular weight is 272 g/mol. The van der Waals surface area contributed by atoms with Crippen molar-refractivity contribution in [3.05, 3.63) is 48.0 Å². The SMILES string of the molecule is CC(C(=O)O)c1ccc2c(c1)Sc1ccccc1O2. The summed E-state index contributed by atoms with van der Waals surface area (Å²) < 4.78 is 5.80. The van der Waals surface area contributed by atoms with E-state index in [1.807, 2.05) is 42.5 Å². The lowest BCUT2D eigenvalue weighted by atomic mass is 10.0. The molecular weight excluding hydrogens is 260 g/mol. The largest absolute Gasteiger partial charge is 0.481 e. The predicted octanol–water partition coefficient (Wildman–Crippen LogP) is 4.13. The number of hydrogen-bond acceptors (Lipinski definition) is 3. The highest BCUT2D eigenvalue weighted by Crippen LogP contribution is 2.47. The number of carboxylic acid groups (broad SMARTS) is 1. The second-order valence-electron chi connectivity index (χ2n) is 4.42. The molecular formula is C15H12O3S. The molecule has 1 aliphatic heterocycles. The molecule has 4 heteroatoms. The van der Waals surface area contributed by atoms with E-state index in [1.54, 1.807) is 18.7 Å². The van der Waals surface area contributed by atoms with Crippen molar-refractivity contribution in [2.24, 2.45) is 0 Å². The smallest absolute Gasteiger partial charge is 0.310 e. The zero-order valence-electron chi connectivity index (χ0n) is 10.3. The first-order chi connectivity index (χ1) is 9.15. The van der Waals surface area contributed by atoms with Crippen molar-refractivity contribution in [3.8, 4) is 11.5 Å². The van der Waals surface area contributed by atoms with Crippen molar-refractivity contribution >= 4 is 17.7 Å². The summed E-state index contributed by atoms with van der Waals surface area (Å²) in [5, 5.41) is 9.06. The molecule has 2 aromatic rings. The molecule has 0 radical (unpaired) electrons. The van der Waals surface area contributed by atoms with Gasteiger partial charge in [0.05, 0.1) is 15.7 Å². The molecule has 1 aliphatic rings. The Labute approximate surface area is 115 Å². The fourth-order valence-corrected chi connectivity index (χ4v) is 2.96. The fraction of sp³-hybridized carbons (Fsp3) is 0.133. The van der Waals surface area contributed by atoms with Gasteiger partial charge in [-0.1, -0.05) is 30.0 Å². The minimum Gasteiger partial charge on any atom is -0.481 e.